The van der Waals surface area contributed by atoms with Crippen LogP contribution in [0.5, 0.6) is 0 Å². The summed E-state index contributed by atoms with van der Waals surface area (Å²) in [5, 5.41) is 6.18. The number of nitroso groups, excluding NO2 is 1. The second-order valence-electron chi connectivity index (χ2n) is 3.40. The van der Waals surface area contributed by atoms with Crippen molar-refractivity contribution in [2.24, 2.45) is 11.1 Å². The third-order valence-electron chi connectivity index (χ3n) is 2.18. The zero-order valence-electron chi connectivity index (χ0n) is 8.34. The molecule has 0 spiro atoms. The van der Waals surface area contributed by atoms with Gasteiger partial charge in [-0.25, -0.2) is 0 Å². The maximum Gasteiger partial charge on any atom is 0.0919 e. The maximum absolute atomic E-state index is 10.3. The van der Waals surface area contributed by atoms with Crippen LogP contribution in [0.1, 0.15) is 33.1 Å². The van der Waals surface area contributed by atoms with E-state index in [0.717, 1.165) is 25.8 Å². The normalized spacial score (nSPS) is 15.6. The quantitative estimate of drug-likeness (QED) is 0.598. The van der Waals surface area contributed by atoms with Crippen molar-refractivity contribution >= 4 is 0 Å². The lowest BCUT2D eigenvalue weighted by molar-refractivity contribution is 0.425. The average Bonchev–Trinajstić information content (AvgIpc) is 2.10. The summed E-state index contributed by atoms with van der Waals surface area (Å²) in [4.78, 5) is 10.3. The van der Waals surface area contributed by atoms with Gasteiger partial charge in [-0.15, -0.1) is 0 Å². The van der Waals surface area contributed by atoms with Gasteiger partial charge in [-0.05, 0) is 38.8 Å². The molecular weight excluding hydrogens is 152 g/mol. The summed E-state index contributed by atoms with van der Waals surface area (Å²) in [5.41, 5.74) is 0. The molecule has 0 saturated heterocycles. The van der Waals surface area contributed by atoms with Crippen LogP contribution in [0, 0.1) is 10.8 Å². The van der Waals surface area contributed by atoms with E-state index in [4.69, 9.17) is 0 Å². The van der Waals surface area contributed by atoms with Crippen LogP contribution in [0.4, 0.5) is 0 Å². The second kappa shape index (κ2) is 7.22. The molecule has 72 valence electrons. The van der Waals surface area contributed by atoms with Crippen molar-refractivity contribution in [3.8, 4) is 0 Å². The third kappa shape index (κ3) is 5.24. The van der Waals surface area contributed by atoms with Crippen LogP contribution in [0.15, 0.2) is 5.18 Å². The Labute approximate surface area is 74.9 Å². The minimum Gasteiger partial charge on any atom is -0.320 e. The summed E-state index contributed by atoms with van der Waals surface area (Å²) in [5.74, 6) is 0.597. The van der Waals surface area contributed by atoms with E-state index >= 15 is 0 Å². The number of nitrogens with zero attached hydrogens (tertiary/aromatic N) is 1. The highest BCUT2D eigenvalue weighted by Crippen LogP contribution is 2.14. The van der Waals surface area contributed by atoms with Gasteiger partial charge in [0.1, 0.15) is 0 Å². The van der Waals surface area contributed by atoms with Crippen LogP contribution in [0.3, 0.4) is 0 Å². The van der Waals surface area contributed by atoms with Crippen molar-refractivity contribution in [3.63, 3.8) is 0 Å². The fraction of sp³-hybridized carbons (Fsp3) is 1.00. The Morgan fingerprint density at radius 2 is 2.17 bits per heavy atom. The molecule has 0 saturated carbocycles. The van der Waals surface area contributed by atoms with Crippen molar-refractivity contribution in [1.82, 2.24) is 5.32 Å². The number of rotatable bonds is 7. The van der Waals surface area contributed by atoms with Gasteiger partial charge in [0.25, 0.3) is 0 Å². The Morgan fingerprint density at radius 1 is 1.50 bits per heavy atom. The van der Waals surface area contributed by atoms with Crippen molar-refractivity contribution in [2.75, 3.05) is 13.6 Å². The molecule has 0 rings (SSSR count). The monoisotopic (exact) mass is 172 g/mol. The van der Waals surface area contributed by atoms with Gasteiger partial charge in [-0.2, -0.15) is 4.91 Å². The van der Waals surface area contributed by atoms with Crippen molar-refractivity contribution in [1.29, 1.82) is 0 Å². The van der Waals surface area contributed by atoms with Crippen LogP contribution >= 0.6 is 0 Å². The Balaban J connectivity index is 3.51. The van der Waals surface area contributed by atoms with E-state index in [1.807, 2.05) is 14.0 Å². The van der Waals surface area contributed by atoms with Crippen LogP contribution in [0.2, 0.25) is 0 Å². The highest BCUT2D eigenvalue weighted by Gasteiger charge is 2.10. The predicted molar refractivity (Wildman–Crippen MR) is 52.2 cm³/mol. The minimum atomic E-state index is 0.0249. The Kier molecular flexibility index (Phi) is 6.96. The first-order valence-electron chi connectivity index (χ1n) is 4.71. The molecule has 0 aromatic rings. The molecular formula is C9H20N2O. The van der Waals surface area contributed by atoms with Gasteiger partial charge in [0, 0.05) is 0 Å². The van der Waals surface area contributed by atoms with Crippen LogP contribution in [-0.4, -0.2) is 19.6 Å². The SMILES string of the molecule is CC[C@@H](CC(C)CCNC)N=O. The third-order valence-corrected chi connectivity index (χ3v) is 2.18. The van der Waals surface area contributed by atoms with Gasteiger partial charge < -0.3 is 5.32 Å². The van der Waals surface area contributed by atoms with E-state index in [-0.39, 0.29) is 6.04 Å². The Bertz CT molecular complexity index is 117. The largest absolute Gasteiger partial charge is 0.320 e. The van der Waals surface area contributed by atoms with Crippen LogP contribution in [0.25, 0.3) is 0 Å². The molecule has 0 aromatic carbocycles. The van der Waals surface area contributed by atoms with Crippen LogP contribution in [-0.2, 0) is 0 Å². The summed E-state index contributed by atoms with van der Waals surface area (Å²) >= 11 is 0. The molecule has 0 amide bonds. The predicted octanol–water partition coefficient (Wildman–Crippen LogP) is 2.17. The van der Waals surface area contributed by atoms with E-state index in [1.165, 1.54) is 0 Å². The molecule has 0 aliphatic rings. The molecule has 3 heteroatoms. The molecule has 0 bridgehead atoms. The number of hydrogen-bond acceptors (Lipinski definition) is 3. The van der Waals surface area contributed by atoms with Gasteiger partial charge >= 0.3 is 0 Å². The molecule has 1 N–H and O–H groups in total. The van der Waals surface area contributed by atoms with E-state index in [2.05, 4.69) is 17.4 Å². The molecule has 0 radical (unpaired) electrons. The Morgan fingerprint density at radius 3 is 2.58 bits per heavy atom. The van der Waals surface area contributed by atoms with Crippen molar-refractivity contribution < 1.29 is 0 Å². The zero-order valence-corrected chi connectivity index (χ0v) is 8.34. The molecule has 0 heterocycles. The fourth-order valence-electron chi connectivity index (χ4n) is 1.26. The highest BCUT2D eigenvalue weighted by atomic mass is 16.3. The van der Waals surface area contributed by atoms with E-state index < -0.39 is 0 Å². The maximum atomic E-state index is 10.3. The number of hydrogen-bond donors (Lipinski definition) is 1. The molecule has 0 aromatic heterocycles. The first-order chi connectivity index (χ1) is 5.74. The smallest absolute Gasteiger partial charge is 0.0919 e. The van der Waals surface area contributed by atoms with Gasteiger partial charge in [0.15, 0.2) is 0 Å². The lowest BCUT2D eigenvalue weighted by Crippen LogP contribution is -2.15. The summed E-state index contributed by atoms with van der Waals surface area (Å²) in [7, 11) is 1.95. The average molecular weight is 172 g/mol. The summed E-state index contributed by atoms with van der Waals surface area (Å²) in [6, 6.07) is 0.0249. The Hall–Kier alpha value is -0.440. The summed E-state index contributed by atoms with van der Waals surface area (Å²) < 4.78 is 0. The van der Waals surface area contributed by atoms with Gasteiger partial charge in [-0.1, -0.05) is 19.0 Å². The molecule has 3 nitrogen and oxygen atoms in total. The van der Waals surface area contributed by atoms with E-state index in [0.29, 0.717) is 5.92 Å². The van der Waals surface area contributed by atoms with Crippen molar-refractivity contribution in [2.45, 2.75) is 39.2 Å². The highest BCUT2D eigenvalue weighted by molar-refractivity contribution is 4.67. The van der Waals surface area contributed by atoms with Crippen molar-refractivity contribution in [3.05, 3.63) is 4.91 Å². The first kappa shape index (κ1) is 11.6. The van der Waals surface area contributed by atoms with E-state index in [1.54, 1.807) is 0 Å². The lowest BCUT2D eigenvalue weighted by atomic mass is 9.98. The molecule has 1 unspecified atom stereocenters. The summed E-state index contributed by atoms with van der Waals surface area (Å²) in [6.45, 7) is 5.21. The molecule has 0 fully saturated rings. The van der Waals surface area contributed by atoms with E-state index in [9.17, 15) is 4.91 Å². The standard InChI is InChI=1S/C9H20N2O/c1-4-9(11-12)7-8(2)5-6-10-3/h8-10H,4-7H2,1-3H3/t8?,9-/m0/s1. The minimum absolute atomic E-state index is 0.0249. The second-order valence-corrected chi connectivity index (χ2v) is 3.40. The topological polar surface area (TPSA) is 41.5 Å². The van der Waals surface area contributed by atoms with Gasteiger partial charge in [0.05, 0.1) is 6.04 Å². The molecule has 12 heavy (non-hydrogen) atoms. The fourth-order valence-corrected chi connectivity index (χ4v) is 1.26. The summed E-state index contributed by atoms with van der Waals surface area (Å²) in [6.07, 6.45) is 2.93. The molecule has 0 aliphatic carbocycles. The van der Waals surface area contributed by atoms with Gasteiger partial charge in [-0.3, -0.25) is 0 Å². The van der Waals surface area contributed by atoms with Crippen LogP contribution < -0.4 is 5.32 Å². The molecule has 2 atom stereocenters. The first-order valence-corrected chi connectivity index (χ1v) is 4.71. The zero-order chi connectivity index (χ0) is 9.40. The van der Waals surface area contributed by atoms with Gasteiger partial charge in [0.2, 0.25) is 0 Å². The molecule has 0 aliphatic heterocycles. The number of nitrogens with one attached hydrogen (secondary N) is 1. The lowest BCUT2D eigenvalue weighted by Gasteiger charge is -2.13.